The molecule has 2 aromatic rings. The maximum absolute atomic E-state index is 5.79. The lowest BCUT2D eigenvalue weighted by Crippen LogP contribution is -2.11. The number of anilines is 2. The maximum Gasteiger partial charge on any atom is 0.234 e. The predicted molar refractivity (Wildman–Crippen MR) is 80.7 cm³/mol. The predicted octanol–water partition coefficient (Wildman–Crippen LogP) is 3.02. The SMILES string of the molecule is CC(C)Oc1cncc(NC(C)c2cccc(N)c2)n1. The zero-order valence-electron chi connectivity index (χ0n) is 12.0. The van der Waals surface area contributed by atoms with Crippen LogP contribution in [0, 0.1) is 0 Å². The van der Waals surface area contributed by atoms with Gasteiger partial charge < -0.3 is 15.8 Å². The fourth-order valence-electron chi connectivity index (χ4n) is 1.85. The Hall–Kier alpha value is -2.30. The molecule has 5 heteroatoms. The van der Waals surface area contributed by atoms with Gasteiger partial charge in [0.2, 0.25) is 5.88 Å². The van der Waals surface area contributed by atoms with E-state index in [0.717, 1.165) is 11.3 Å². The van der Waals surface area contributed by atoms with E-state index in [1.807, 2.05) is 45.0 Å². The summed E-state index contributed by atoms with van der Waals surface area (Å²) in [6.07, 6.45) is 3.36. The van der Waals surface area contributed by atoms with Gasteiger partial charge in [-0.15, -0.1) is 0 Å². The largest absolute Gasteiger partial charge is 0.474 e. The Morgan fingerprint density at radius 3 is 2.70 bits per heavy atom. The molecule has 1 aromatic carbocycles. The van der Waals surface area contributed by atoms with Crippen LogP contribution in [0.3, 0.4) is 0 Å². The van der Waals surface area contributed by atoms with Crippen LogP contribution in [-0.4, -0.2) is 16.1 Å². The fraction of sp³-hybridized carbons (Fsp3) is 0.333. The van der Waals surface area contributed by atoms with Crippen molar-refractivity contribution in [2.24, 2.45) is 0 Å². The lowest BCUT2D eigenvalue weighted by Gasteiger charge is -2.16. The first-order chi connectivity index (χ1) is 9.54. The maximum atomic E-state index is 5.79. The molecule has 0 amide bonds. The Morgan fingerprint density at radius 2 is 2.00 bits per heavy atom. The van der Waals surface area contributed by atoms with Gasteiger partial charge in [0.15, 0.2) is 0 Å². The molecule has 3 N–H and O–H groups in total. The van der Waals surface area contributed by atoms with Crippen molar-refractivity contribution in [2.75, 3.05) is 11.1 Å². The first-order valence-corrected chi connectivity index (χ1v) is 6.65. The molecule has 20 heavy (non-hydrogen) atoms. The second kappa shape index (κ2) is 6.23. The highest BCUT2D eigenvalue weighted by atomic mass is 16.5. The summed E-state index contributed by atoms with van der Waals surface area (Å²) >= 11 is 0. The molecule has 0 aliphatic rings. The van der Waals surface area contributed by atoms with Crippen molar-refractivity contribution in [3.8, 4) is 5.88 Å². The van der Waals surface area contributed by atoms with E-state index in [0.29, 0.717) is 11.7 Å². The van der Waals surface area contributed by atoms with Gasteiger partial charge >= 0.3 is 0 Å². The Kier molecular flexibility index (Phi) is 4.40. The van der Waals surface area contributed by atoms with Crippen LogP contribution in [0.25, 0.3) is 0 Å². The van der Waals surface area contributed by atoms with Gasteiger partial charge in [0.25, 0.3) is 0 Å². The van der Waals surface area contributed by atoms with Gasteiger partial charge in [-0.1, -0.05) is 12.1 Å². The molecule has 1 unspecified atom stereocenters. The van der Waals surface area contributed by atoms with E-state index in [2.05, 4.69) is 15.3 Å². The number of nitrogens with zero attached hydrogens (tertiary/aromatic N) is 2. The molecular weight excluding hydrogens is 252 g/mol. The third-order valence-corrected chi connectivity index (χ3v) is 2.74. The minimum Gasteiger partial charge on any atom is -0.474 e. The van der Waals surface area contributed by atoms with Gasteiger partial charge in [-0.3, -0.25) is 4.98 Å². The van der Waals surface area contributed by atoms with Crippen LogP contribution in [-0.2, 0) is 0 Å². The Morgan fingerprint density at radius 1 is 1.20 bits per heavy atom. The molecule has 0 spiro atoms. The third kappa shape index (κ3) is 3.85. The molecule has 0 saturated carbocycles. The number of benzene rings is 1. The minimum absolute atomic E-state index is 0.0749. The number of rotatable bonds is 5. The zero-order chi connectivity index (χ0) is 14.5. The topological polar surface area (TPSA) is 73.1 Å². The smallest absolute Gasteiger partial charge is 0.234 e. The molecular formula is C15H20N4O. The lowest BCUT2D eigenvalue weighted by atomic mass is 10.1. The number of hydrogen-bond acceptors (Lipinski definition) is 5. The summed E-state index contributed by atoms with van der Waals surface area (Å²) in [5.74, 6) is 1.20. The highest BCUT2D eigenvalue weighted by Gasteiger charge is 2.08. The van der Waals surface area contributed by atoms with Crippen molar-refractivity contribution in [1.82, 2.24) is 9.97 Å². The van der Waals surface area contributed by atoms with E-state index in [1.54, 1.807) is 12.4 Å². The van der Waals surface area contributed by atoms with Gasteiger partial charge in [-0.05, 0) is 38.5 Å². The minimum atomic E-state index is 0.0749. The van der Waals surface area contributed by atoms with Crippen LogP contribution in [0.4, 0.5) is 11.5 Å². The summed E-state index contributed by atoms with van der Waals surface area (Å²) in [6, 6.07) is 7.86. The van der Waals surface area contributed by atoms with Crippen molar-refractivity contribution >= 4 is 11.5 Å². The second-order valence-corrected chi connectivity index (χ2v) is 4.95. The molecule has 1 atom stereocenters. The molecule has 0 aliphatic carbocycles. The summed E-state index contributed by atoms with van der Waals surface area (Å²) < 4.78 is 5.53. The van der Waals surface area contributed by atoms with E-state index in [9.17, 15) is 0 Å². The van der Waals surface area contributed by atoms with Crippen LogP contribution in [0.15, 0.2) is 36.7 Å². The number of aromatic nitrogens is 2. The number of nitrogens with one attached hydrogen (secondary N) is 1. The van der Waals surface area contributed by atoms with Gasteiger partial charge in [0.1, 0.15) is 5.82 Å². The first kappa shape index (κ1) is 14.1. The van der Waals surface area contributed by atoms with E-state index >= 15 is 0 Å². The number of nitrogen functional groups attached to an aromatic ring is 1. The highest BCUT2D eigenvalue weighted by molar-refractivity contribution is 5.44. The van der Waals surface area contributed by atoms with Gasteiger partial charge in [-0.2, -0.15) is 4.98 Å². The molecule has 2 rings (SSSR count). The molecule has 5 nitrogen and oxygen atoms in total. The Labute approximate surface area is 119 Å². The Bertz CT molecular complexity index is 571. The summed E-state index contributed by atoms with van der Waals surface area (Å²) in [5, 5.41) is 3.29. The molecule has 0 radical (unpaired) electrons. The van der Waals surface area contributed by atoms with Crippen LogP contribution in [0.1, 0.15) is 32.4 Å². The van der Waals surface area contributed by atoms with E-state index in [1.165, 1.54) is 0 Å². The van der Waals surface area contributed by atoms with Gasteiger partial charge in [0.05, 0.1) is 24.5 Å². The van der Waals surface area contributed by atoms with Crippen LogP contribution in [0.2, 0.25) is 0 Å². The zero-order valence-corrected chi connectivity index (χ0v) is 12.0. The van der Waals surface area contributed by atoms with Crippen molar-refractivity contribution in [3.63, 3.8) is 0 Å². The van der Waals surface area contributed by atoms with Gasteiger partial charge in [0, 0.05) is 5.69 Å². The van der Waals surface area contributed by atoms with Crippen molar-refractivity contribution in [1.29, 1.82) is 0 Å². The standard InChI is InChI=1S/C15H20N4O/c1-10(2)20-15-9-17-8-14(19-15)18-11(3)12-5-4-6-13(16)7-12/h4-11H,16H2,1-3H3,(H,18,19). The summed E-state index contributed by atoms with van der Waals surface area (Å²) in [5.41, 5.74) is 7.64. The lowest BCUT2D eigenvalue weighted by molar-refractivity contribution is 0.232. The average molecular weight is 272 g/mol. The second-order valence-electron chi connectivity index (χ2n) is 4.95. The van der Waals surface area contributed by atoms with Gasteiger partial charge in [-0.25, -0.2) is 0 Å². The van der Waals surface area contributed by atoms with Crippen molar-refractivity contribution in [2.45, 2.75) is 32.9 Å². The van der Waals surface area contributed by atoms with Crippen LogP contribution < -0.4 is 15.8 Å². The Balaban J connectivity index is 2.09. The summed E-state index contributed by atoms with van der Waals surface area (Å²) in [7, 11) is 0. The molecule has 0 bridgehead atoms. The normalized spacial score (nSPS) is 12.2. The summed E-state index contributed by atoms with van der Waals surface area (Å²) in [4.78, 5) is 8.50. The first-order valence-electron chi connectivity index (χ1n) is 6.65. The molecule has 1 aromatic heterocycles. The van der Waals surface area contributed by atoms with E-state index < -0.39 is 0 Å². The monoisotopic (exact) mass is 272 g/mol. The molecule has 1 heterocycles. The molecule has 0 saturated heterocycles. The number of hydrogen-bond donors (Lipinski definition) is 2. The highest BCUT2D eigenvalue weighted by Crippen LogP contribution is 2.20. The third-order valence-electron chi connectivity index (χ3n) is 2.74. The summed E-state index contributed by atoms with van der Waals surface area (Å²) in [6.45, 7) is 5.96. The van der Waals surface area contributed by atoms with Crippen molar-refractivity contribution < 1.29 is 4.74 Å². The van der Waals surface area contributed by atoms with Crippen molar-refractivity contribution in [3.05, 3.63) is 42.2 Å². The fourth-order valence-corrected chi connectivity index (χ4v) is 1.85. The van der Waals surface area contributed by atoms with E-state index in [-0.39, 0.29) is 12.1 Å². The van der Waals surface area contributed by atoms with E-state index in [4.69, 9.17) is 10.5 Å². The number of ether oxygens (including phenoxy) is 1. The molecule has 0 fully saturated rings. The van der Waals surface area contributed by atoms with Crippen LogP contribution >= 0.6 is 0 Å². The van der Waals surface area contributed by atoms with Crippen LogP contribution in [0.5, 0.6) is 5.88 Å². The molecule has 106 valence electrons. The quantitative estimate of drug-likeness (QED) is 0.818. The average Bonchev–Trinajstić information content (AvgIpc) is 2.38. The molecule has 0 aliphatic heterocycles. The number of nitrogens with two attached hydrogens (primary N) is 1.